The maximum absolute atomic E-state index is 13.6. The Labute approximate surface area is 130 Å². The van der Waals surface area contributed by atoms with E-state index >= 15 is 0 Å². The van der Waals surface area contributed by atoms with Crippen molar-refractivity contribution in [3.8, 4) is 0 Å². The second-order valence-electron chi connectivity index (χ2n) is 4.38. The molecule has 0 heterocycles. The highest BCUT2D eigenvalue weighted by Crippen LogP contribution is 2.17. The van der Waals surface area contributed by atoms with Crippen LogP contribution < -0.4 is 5.32 Å². The fourth-order valence-corrected chi connectivity index (χ4v) is 2.47. The Morgan fingerprint density at radius 1 is 1.30 bits per heavy atom. The molecule has 2 nitrogen and oxygen atoms in total. The van der Waals surface area contributed by atoms with Crippen LogP contribution in [0.5, 0.6) is 0 Å². The van der Waals surface area contributed by atoms with E-state index in [0.717, 1.165) is 10.0 Å². The topological polar surface area (TPSA) is 29.1 Å². The second-order valence-corrected chi connectivity index (χ2v) is 5.73. The summed E-state index contributed by atoms with van der Waals surface area (Å²) in [4.78, 5) is 12.1. The molecule has 0 spiro atoms. The van der Waals surface area contributed by atoms with Gasteiger partial charge < -0.3 is 5.32 Å². The van der Waals surface area contributed by atoms with Gasteiger partial charge in [0.25, 0.3) is 5.91 Å². The Morgan fingerprint density at radius 3 is 2.75 bits per heavy atom. The minimum atomic E-state index is -0.346. The van der Waals surface area contributed by atoms with Crippen molar-refractivity contribution in [1.82, 2.24) is 5.32 Å². The lowest BCUT2D eigenvalue weighted by molar-refractivity contribution is 0.0950. The largest absolute Gasteiger partial charge is 0.348 e. The third-order valence-electron chi connectivity index (χ3n) is 2.88. The number of rotatable bonds is 3. The van der Waals surface area contributed by atoms with Crippen LogP contribution in [0.3, 0.4) is 0 Å². The Bertz CT molecular complexity index is 660. The van der Waals surface area contributed by atoms with E-state index in [1.165, 1.54) is 6.07 Å². The number of hydrogen-bond donors (Lipinski definition) is 1. The Kier molecular flexibility index (Phi) is 4.78. The van der Waals surface area contributed by atoms with Crippen LogP contribution in [0.15, 0.2) is 40.9 Å². The molecule has 1 N–H and O–H groups in total. The van der Waals surface area contributed by atoms with Crippen LogP contribution in [0.2, 0.25) is 5.02 Å². The lowest BCUT2D eigenvalue weighted by Crippen LogP contribution is -2.24. The first-order valence-electron chi connectivity index (χ1n) is 5.95. The molecule has 104 valence electrons. The van der Waals surface area contributed by atoms with Crippen molar-refractivity contribution in [1.29, 1.82) is 0 Å². The van der Waals surface area contributed by atoms with E-state index < -0.39 is 0 Å². The average Bonchev–Trinajstić information content (AvgIpc) is 2.39. The van der Waals surface area contributed by atoms with Gasteiger partial charge in [0.15, 0.2) is 0 Å². The lowest BCUT2D eigenvalue weighted by atomic mass is 10.1. The molecule has 0 saturated carbocycles. The number of nitrogens with one attached hydrogen (secondary N) is 1. The molecule has 0 aliphatic rings. The monoisotopic (exact) mass is 355 g/mol. The first kappa shape index (κ1) is 15.0. The summed E-state index contributed by atoms with van der Waals surface area (Å²) in [6, 6.07) is 9.65. The molecule has 0 atom stereocenters. The van der Waals surface area contributed by atoms with Gasteiger partial charge >= 0.3 is 0 Å². The molecule has 2 rings (SSSR count). The van der Waals surface area contributed by atoms with Crippen molar-refractivity contribution in [2.75, 3.05) is 0 Å². The highest BCUT2D eigenvalue weighted by atomic mass is 79.9. The van der Waals surface area contributed by atoms with Gasteiger partial charge in [0.2, 0.25) is 0 Å². The number of carbonyl (C=O) groups excluding carboxylic acids is 1. The molecule has 0 unspecified atom stereocenters. The zero-order valence-electron chi connectivity index (χ0n) is 10.7. The Balaban J connectivity index is 2.10. The highest BCUT2D eigenvalue weighted by Gasteiger charge is 2.10. The number of carbonyl (C=O) groups is 1. The number of aryl methyl sites for hydroxylation is 1. The summed E-state index contributed by atoms with van der Waals surface area (Å²) in [5.74, 6) is -0.597. The van der Waals surface area contributed by atoms with Crippen molar-refractivity contribution in [3.05, 3.63) is 68.4 Å². The Hall–Kier alpha value is -1.39. The summed E-state index contributed by atoms with van der Waals surface area (Å²) in [6.07, 6.45) is 0. The van der Waals surface area contributed by atoms with Gasteiger partial charge in [-0.05, 0) is 48.9 Å². The third-order valence-corrected chi connectivity index (χ3v) is 3.61. The van der Waals surface area contributed by atoms with Crippen LogP contribution in [0.1, 0.15) is 21.5 Å². The summed E-state index contributed by atoms with van der Waals surface area (Å²) in [7, 11) is 0. The van der Waals surface area contributed by atoms with Gasteiger partial charge in [-0.15, -0.1) is 0 Å². The number of hydrogen-bond acceptors (Lipinski definition) is 1. The van der Waals surface area contributed by atoms with E-state index in [4.69, 9.17) is 11.6 Å². The third kappa shape index (κ3) is 3.58. The average molecular weight is 357 g/mol. The van der Waals surface area contributed by atoms with Gasteiger partial charge in [0, 0.05) is 27.2 Å². The fraction of sp³-hybridized carbons (Fsp3) is 0.133. The molecule has 2 aromatic carbocycles. The molecule has 5 heteroatoms. The quantitative estimate of drug-likeness (QED) is 0.863. The highest BCUT2D eigenvalue weighted by molar-refractivity contribution is 9.10. The first-order chi connectivity index (χ1) is 9.47. The standard InChI is InChI=1S/C15H12BrClFNO/c1-9-6-12(17)3-4-13(9)15(20)19-8-10-7-11(16)2-5-14(10)18/h2-7H,8H2,1H3,(H,19,20). The smallest absolute Gasteiger partial charge is 0.251 e. The molecule has 1 amide bonds. The molecule has 20 heavy (non-hydrogen) atoms. The van der Waals surface area contributed by atoms with Crippen LogP contribution in [-0.4, -0.2) is 5.91 Å². The van der Waals surface area contributed by atoms with Crippen molar-refractivity contribution in [3.63, 3.8) is 0 Å². The first-order valence-corrected chi connectivity index (χ1v) is 7.13. The molecule has 0 fully saturated rings. The molecule has 0 bridgehead atoms. The minimum absolute atomic E-state index is 0.131. The molecule has 0 saturated heterocycles. The van der Waals surface area contributed by atoms with Crippen LogP contribution in [0.4, 0.5) is 4.39 Å². The number of halogens is 3. The van der Waals surface area contributed by atoms with E-state index in [0.29, 0.717) is 16.1 Å². The Morgan fingerprint density at radius 2 is 2.05 bits per heavy atom. The lowest BCUT2D eigenvalue weighted by Gasteiger charge is -2.09. The van der Waals surface area contributed by atoms with Gasteiger partial charge in [-0.2, -0.15) is 0 Å². The van der Waals surface area contributed by atoms with E-state index in [1.54, 1.807) is 37.3 Å². The minimum Gasteiger partial charge on any atom is -0.348 e. The van der Waals surface area contributed by atoms with E-state index in [2.05, 4.69) is 21.2 Å². The van der Waals surface area contributed by atoms with Crippen molar-refractivity contribution in [2.24, 2.45) is 0 Å². The van der Waals surface area contributed by atoms with Crippen molar-refractivity contribution >= 4 is 33.4 Å². The normalized spacial score (nSPS) is 10.4. The van der Waals surface area contributed by atoms with Crippen LogP contribution in [-0.2, 0) is 6.54 Å². The van der Waals surface area contributed by atoms with Gasteiger partial charge in [0.05, 0.1) is 0 Å². The number of benzene rings is 2. The maximum atomic E-state index is 13.6. The maximum Gasteiger partial charge on any atom is 0.251 e. The predicted molar refractivity (Wildman–Crippen MR) is 81.5 cm³/mol. The summed E-state index contributed by atoms with van der Waals surface area (Å²) < 4.78 is 14.3. The molecule has 0 aliphatic heterocycles. The summed E-state index contributed by atoms with van der Waals surface area (Å²) in [5, 5.41) is 3.28. The molecule has 0 aliphatic carbocycles. The van der Waals surface area contributed by atoms with Crippen LogP contribution >= 0.6 is 27.5 Å². The molecular formula is C15H12BrClFNO. The van der Waals surface area contributed by atoms with Crippen LogP contribution in [0, 0.1) is 12.7 Å². The molecular weight excluding hydrogens is 345 g/mol. The van der Waals surface area contributed by atoms with E-state index in [1.807, 2.05) is 0 Å². The SMILES string of the molecule is Cc1cc(Cl)ccc1C(=O)NCc1cc(Br)ccc1F. The van der Waals surface area contributed by atoms with Gasteiger partial charge in [-0.1, -0.05) is 27.5 Å². The van der Waals surface area contributed by atoms with Gasteiger partial charge in [0.1, 0.15) is 5.82 Å². The summed E-state index contributed by atoms with van der Waals surface area (Å²) in [5.41, 5.74) is 1.74. The molecule has 0 radical (unpaired) electrons. The summed E-state index contributed by atoms with van der Waals surface area (Å²) >= 11 is 9.12. The summed E-state index contributed by atoms with van der Waals surface area (Å²) in [6.45, 7) is 1.94. The van der Waals surface area contributed by atoms with Crippen molar-refractivity contribution < 1.29 is 9.18 Å². The molecule has 0 aromatic heterocycles. The van der Waals surface area contributed by atoms with E-state index in [-0.39, 0.29) is 18.3 Å². The number of amides is 1. The molecule has 2 aromatic rings. The van der Waals surface area contributed by atoms with Crippen LogP contribution in [0.25, 0.3) is 0 Å². The zero-order valence-corrected chi connectivity index (χ0v) is 13.1. The van der Waals surface area contributed by atoms with E-state index in [9.17, 15) is 9.18 Å². The van der Waals surface area contributed by atoms with Gasteiger partial charge in [-0.3, -0.25) is 4.79 Å². The predicted octanol–water partition coefficient (Wildman–Crippen LogP) is 4.48. The second kappa shape index (κ2) is 6.37. The van der Waals surface area contributed by atoms with Crippen molar-refractivity contribution in [2.45, 2.75) is 13.5 Å². The fourth-order valence-electron chi connectivity index (χ4n) is 1.83. The zero-order chi connectivity index (χ0) is 14.7. The van der Waals surface area contributed by atoms with Gasteiger partial charge in [-0.25, -0.2) is 4.39 Å².